The first kappa shape index (κ1) is 23.9. The Labute approximate surface area is 204 Å². The first-order valence-corrected chi connectivity index (χ1v) is 11.6. The summed E-state index contributed by atoms with van der Waals surface area (Å²) < 4.78 is 10.8. The number of phenolic OH excluding ortho intramolecular Hbond substituents is 1. The van der Waals surface area contributed by atoms with Crippen molar-refractivity contribution < 1.29 is 24.2 Å². The summed E-state index contributed by atoms with van der Waals surface area (Å²) in [5.41, 5.74) is 3.97. The second kappa shape index (κ2) is 9.55. The molecular weight excluding hydrogens is 454 g/mol. The van der Waals surface area contributed by atoms with E-state index in [9.17, 15) is 14.7 Å². The number of Topliss-reactive ketones (excluding diaryl/α,β-unsaturated/α-hetero) is 1. The van der Waals surface area contributed by atoms with Crippen LogP contribution in [0.2, 0.25) is 5.02 Å². The van der Waals surface area contributed by atoms with Crippen molar-refractivity contribution in [2.24, 2.45) is 0 Å². The summed E-state index contributed by atoms with van der Waals surface area (Å²) in [4.78, 5) is 26.8. The minimum Gasteiger partial charge on any atom is -0.503 e. The van der Waals surface area contributed by atoms with Crippen molar-refractivity contribution in [1.82, 2.24) is 5.32 Å². The van der Waals surface area contributed by atoms with Crippen molar-refractivity contribution in [1.29, 1.82) is 0 Å². The highest BCUT2D eigenvalue weighted by atomic mass is 35.5. The maximum Gasteiger partial charge on any atom is 0.337 e. The molecule has 6 nitrogen and oxygen atoms in total. The lowest BCUT2D eigenvalue weighted by Gasteiger charge is -2.37. The molecule has 0 unspecified atom stereocenters. The molecule has 0 amide bonds. The van der Waals surface area contributed by atoms with Crippen molar-refractivity contribution >= 4 is 23.4 Å². The Hall–Kier alpha value is -3.25. The van der Waals surface area contributed by atoms with Gasteiger partial charge in [0.15, 0.2) is 17.3 Å². The number of ether oxygens (including phenoxy) is 2. The molecule has 0 saturated carbocycles. The lowest BCUT2D eigenvalue weighted by molar-refractivity contribution is -0.143. The van der Waals surface area contributed by atoms with Crippen LogP contribution in [0.3, 0.4) is 0 Å². The van der Waals surface area contributed by atoms with E-state index in [0.717, 1.165) is 11.3 Å². The summed E-state index contributed by atoms with van der Waals surface area (Å²) in [6, 6.07) is 13.1. The van der Waals surface area contributed by atoms with Gasteiger partial charge in [-0.3, -0.25) is 4.79 Å². The summed E-state index contributed by atoms with van der Waals surface area (Å²) in [6.07, 6.45) is 0.635. The van der Waals surface area contributed by atoms with Crippen LogP contribution in [0.5, 0.6) is 11.5 Å². The fraction of sp³-hybridized carbons (Fsp3) is 0.333. The highest BCUT2D eigenvalue weighted by Gasteiger charge is 2.42. The van der Waals surface area contributed by atoms with E-state index in [-0.39, 0.29) is 34.3 Å². The molecule has 34 heavy (non-hydrogen) atoms. The van der Waals surface area contributed by atoms with Crippen LogP contribution in [0.4, 0.5) is 0 Å². The first-order valence-electron chi connectivity index (χ1n) is 11.3. The van der Waals surface area contributed by atoms with Crippen LogP contribution < -0.4 is 10.1 Å². The molecule has 2 aromatic rings. The van der Waals surface area contributed by atoms with Gasteiger partial charge in [0.05, 0.1) is 23.8 Å². The van der Waals surface area contributed by atoms with Crippen LogP contribution >= 0.6 is 11.6 Å². The minimum absolute atomic E-state index is 0.0375. The monoisotopic (exact) mass is 481 g/mol. The number of aromatic hydroxyl groups is 1. The van der Waals surface area contributed by atoms with Crippen molar-refractivity contribution in [3.05, 3.63) is 81.2 Å². The summed E-state index contributed by atoms with van der Waals surface area (Å²) in [7, 11) is 1.42. The molecule has 2 atom stereocenters. The van der Waals surface area contributed by atoms with Gasteiger partial charge in [0, 0.05) is 29.3 Å². The molecule has 1 aliphatic heterocycles. The molecular formula is C27H28ClNO5. The molecule has 0 fully saturated rings. The smallest absolute Gasteiger partial charge is 0.337 e. The quantitative estimate of drug-likeness (QED) is 0.559. The van der Waals surface area contributed by atoms with E-state index in [2.05, 4.69) is 5.32 Å². The second-order valence-electron chi connectivity index (χ2n) is 8.94. The molecule has 178 valence electrons. The van der Waals surface area contributed by atoms with E-state index in [1.165, 1.54) is 7.11 Å². The Bertz CT molecular complexity index is 1200. The summed E-state index contributed by atoms with van der Waals surface area (Å²) in [6.45, 7) is 5.37. The van der Waals surface area contributed by atoms with E-state index in [1.54, 1.807) is 26.0 Å². The number of carbonyl (C=O) groups excluding carboxylic acids is 2. The van der Waals surface area contributed by atoms with Crippen LogP contribution in [0, 0.1) is 0 Å². The standard InChI is InChI=1S/C27H28ClNO5/c1-14(2)34-27(32)23-15(3)29-20-11-17(16-8-6-5-7-9-16)12-21(30)25(20)24(23)18-10-19(28)26(31)22(13-18)33-4/h5-10,13-14,17,24,29,31H,11-12H2,1-4H3/t17-,24+/m1/s1. The molecule has 4 rings (SSSR count). The van der Waals surface area contributed by atoms with Gasteiger partial charge < -0.3 is 19.9 Å². The highest BCUT2D eigenvalue weighted by molar-refractivity contribution is 6.32. The van der Waals surface area contributed by atoms with Crippen molar-refractivity contribution in [2.75, 3.05) is 7.11 Å². The SMILES string of the molecule is COc1cc([C@H]2C(C(=O)OC(C)C)=C(C)NC3=C2C(=O)C[C@H](c2ccccc2)C3)cc(Cl)c1O. The van der Waals surface area contributed by atoms with Gasteiger partial charge in [-0.25, -0.2) is 4.79 Å². The first-order chi connectivity index (χ1) is 16.2. The zero-order valence-corrected chi connectivity index (χ0v) is 20.4. The molecule has 0 saturated heterocycles. The number of dihydropyridines is 1. The molecule has 0 aromatic heterocycles. The van der Waals surface area contributed by atoms with Crippen molar-refractivity contribution in [3.63, 3.8) is 0 Å². The highest BCUT2D eigenvalue weighted by Crippen LogP contribution is 2.48. The van der Waals surface area contributed by atoms with Gasteiger partial charge in [-0.05, 0) is 56.4 Å². The number of allylic oxidation sites excluding steroid dienone is 3. The Kier molecular flexibility index (Phi) is 6.71. The fourth-order valence-corrected chi connectivity index (χ4v) is 5.02. The Morgan fingerprint density at radius 2 is 1.85 bits per heavy atom. The molecule has 7 heteroatoms. The lowest BCUT2D eigenvalue weighted by Crippen LogP contribution is -2.36. The minimum atomic E-state index is -0.696. The number of hydrogen-bond donors (Lipinski definition) is 2. The van der Waals surface area contributed by atoms with Crippen LogP contribution in [0.1, 0.15) is 56.6 Å². The van der Waals surface area contributed by atoms with Crippen LogP contribution in [0.25, 0.3) is 0 Å². The van der Waals surface area contributed by atoms with E-state index in [1.807, 2.05) is 37.3 Å². The summed E-state index contributed by atoms with van der Waals surface area (Å²) >= 11 is 6.30. The molecule has 0 radical (unpaired) electrons. The number of hydrogen-bond acceptors (Lipinski definition) is 6. The molecule has 2 N–H and O–H groups in total. The van der Waals surface area contributed by atoms with Crippen LogP contribution in [-0.4, -0.2) is 30.1 Å². The Morgan fingerprint density at radius 1 is 1.15 bits per heavy atom. The number of rotatable bonds is 5. The average molecular weight is 482 g/mol. The number of nitrogens with one attached hydrogen (secondary N) is 1. The number of ketones is 1. The number of esters is 1. The molecule has 1 heterocycles. The topological polar surface area (TPSA) is 84.9 Å². The van der Waals surface area contributed by atoms with E-state index in [4.69, 9.17) is 21.1 Å². The molecule has 1 aliphatic carbocycles. The second-order valence-corrected chi connectivity index (χ2v) is 9.34. The van der Waals surface area contributed by atoms with Gasteiger partial charge in [-0.2, -0.15) is 0 Å². The third kappa shape index (κ3) is 4.42. The van der Waals surface area contributed by atoms with Crippen LogP contribution in [0.15, 0.2) is 65.0 Å². The van der Waals surface area contributed by atoms with Crippen LogP contribution in [-0.2, 0) is 14.3 Å². The zero-order valence-electron chi connectivity index (χ0n) is 19.6. The van der Waals surface area contributed by atoms with Gasteiger partial charge in [0.25, 0.3) is 0 Å². The van der Waals surface area contributed by atoms with Gasteiger partial charge in [-0.1, -0.05) is 41.9 Å². The summed E-state index contributed by atoms with van der Waals surface area (Å²) in [5.74, 6) is -1.23. The maximum absolute atomic E-state index is 13.6. The van der Waals surface area contributed by atoms with E-state index in [0.29, 0.717) is 35.2 Å². The third-order valence-corrected chi connectivity index (χ3v) is 6.55. The number of methoxy groups -OCH3 is 1. The molecule has 0 bridgehead atoms. The largest absolute Gasteiger partial charge is 0.503 e. The van der Waals surface area contributed by atoms with Gasteiger partial charge in [0.1, 0.15) is 0 Å². The van der Waals surface area contributed by atoms with E-state index >= 15 is 0 Å². The normalized spacial score (nSPS) is 20.2. The fourth-order valence-electron chi connectivity index (χ4n) is 4.80. The molecule has 2 aromatic carbocycles. The Morgan fingerprint density at radius 3 is 2.50 bits per heavy atom. The predicted molar refractivity (Wildman–Crippen MR) is 130 cm³/mol. The van der Waals surface area contributed by atoms with Gasteiger partial charge in [-0.15, -0.1) is 0 Å². The number of halogens is 1. The Balaban J connectivity index is 1.86. The number of benzene rings is 2. The zero-order chi connectivity index (χ0) is 24.6. The molecule has 0 spiro atoms. The predicted octanol–water partition coefficient (Wildman–Crippen LogP) is 5.37. The average Bonchev–Trinajstić information content (AvgIpc) is 2.79. The number of phenols is 1. The molecule has 2 aliphatic rings. The van der Waals surface area contributed by atoms with Gasteiger partial charge >= 0.3 is 5.97 Å². The maximum atomic E-state index is 13.6. The number of carbonyl (C=O) groups is 2. The third-order valence-electron chi connectivity index (χ3n) is 6.27. The lowest BCUT2D eigenvalue weighted by atomic mass is 9.71. The van der Waals surface area contributed by atoms with Crippen molar-refractivity contribution in [2.45, 2.75) is 51.6 Å². The van der Waals surface area contributed by atoms with Crippen molar-refractivity contribution in [3.8, 4) is 11.5 Å². The van der Waals surface area contributed by atoms with Gasteiger partial charge in [0.2, 0.25) is 0 Å². The summed E-state index contributed by atoms with van der Waals surface area (Å²) in [5, 5.41) is 13.7. The van der Waals surface area contributed by atoms with E-state index < -0.39 is 11.9 Å².